The molecule has 0 N–H and O–H groups in total. The second-order valence-corrected chi connectivity index (χ2v) is 2.71. The number of ether oxygens (including phenoxy) is 1. The molecule has 1 unspecified atom stereocenters. The molecule has 1 atom stereocenters. The Balaban J connectivity index is 3.08. The van der Waals surface area contributed by atoms with E-state index in [0.717, 1.165) is 0 Å². The summed E-state index contributed by atoms with van der Waals surface area (Å²) in [6.45, 7) is 2.82. The van der Waals surface area contributed by atoms with Gasteiger partial charge in [-0.2, -0.15) is 0 Å². The molecule has 0 aliphatic rings. The van der Waals surface area contributed by atoms with Gasteiger partial charge in [0.2, 0.25) is 0 Å². The molecule has 0 bridgehead atoms. The number of hydrogen-bond acceptors (Lipinski definition) is 1. The maximum Gasteiger partial charge on any atom is 0.168 e. The van der Waals surface area contributed by atoms with E-state index in [9.17, 15) is 8.78 Å². The minimum atomic E-state index is -0.677. The van der Waals surface area contributed by atoms with Gasteiger partial charge in [0.25, 0.3) is 0 Å². The summed E-state index contributed by atoms with van der Waals surface area (Å²) in [7, 11) is 1.37. The van der Waals surface area contributed by atoms with Gasteiger partial charge in [0.15, 0.2) is 11.6 Å². The fourth-order valence-corrected chi connectivity index (χ4v) is 1.08. The second kappa shape index (κ2) is 4.21. The Morgan fingerprint density at radius 1 is 1.54 bits per heavy atom. The number of hydrogen-bond donors (Lipinski definition) is 0. The van der Waals surface area contributed by atoms with Crippen LogP contribution in [0.2, 0.25) is 0 Å². The van der Waals surface area contributed by atoms with Gasteiger partial charge in [0.1, 0.15) is 0 Å². The van der Waals surface area contributed by atoms with E-state index in [1.54, 1.807) is 6.07 Å². The summed E-state index contributed by atoms with van der Waals surface area (Å²) in [5.74, 6) is -1.07. The van der Waals surface area contributed by atoms with Crippen molar-refractivity contribution >= 4 is 0 Å². The number of methoxy groups -OCH3 is 1. The molecule has 1 nitrogen and oxygen atoms in total. The summed E-state index contributed by atoms with van der Waals surface area (Å²) in [6, 6.07) is 4.62. The van der Waals surface area contributed by atoms with Crippen LogP contribution in [0.3, 0.4) is 0 Å². The van der Waals surface area contributed by atoms with Crippen LogP contribution < -0.4 is 4.74 Å². The molecule has 0 spiro atoms. The third kappa shape index (κ3) is 1.97. The van der Waals surface area contributed by atoms with Crippen LogP contribution in [0.5, 0.6) is 5.75 Å². The first-order valence-corrected chi connectivity index (χ1v) is 3.92. The summed E-state index contributed by atoms with van der Waals surface area (Å²) < 4.78 is 30.4. The van der Waals surface area contributed by atoms with Gasteiger partial charge in [0.05, 0.1) is 13.8 Å². The summed E-state index contributed by atoms with van der Waals surface area (Å²) in [5.41, 5.74) is 0.252. The standard InChI is InChI=1S/C10H11F2O/c1-7(6-11)8-4-3-5-9(13-2)10(8)12/h3-5,7H,1,6H2,2H3. The summed E-state index contributed by atoms with van der Waals surface area (Å²) >= 11 is 0. The third-order valence-electron chi connectivity index (χ3n) is 1.84. The lowest BCUT2D eigenvalue weighted by molar-refractivity contribution is 0.379. The van der Waals surface area contributed by atoms with Crippen LogP contribution in [0.15, 0.2) is 18.2 Å². The fraction of sp³-hybridized carbons (Fsp3) is 0.300. The zero-order valence-corrected chi connectivity index (χ0v) is 7.39. The van der Waals surface area contributed by atoms with E-state index in [1.165, 1.54) is 19.2 Å². The monoisotopic (exact) mass is 185 g/mol. The fourth-order valence-electron chi connectivity index (χ4n) is 1.08. The highest BCUT2D eigenvalue weighted by Gasteiger charge is 2.13. The number of alkyl halides is 1. The van der Waals surface area contributed by atoms with E-state index in [2.05, 4.69) is 6.92 Å². The van der Waals surface area contributed by atoms with Gasteiger partial charge < -0.3 is 4.74 Å². The van der Waals surface area contributed by atoms with Gasteiger partial charge in [-0.1, -0.05) is 12.1 Å². The summed E-state index contributed by atoms with van der Waals surface area (Å²) in [5, 5.41) is 0. The summed E-state index contributed by atoms with van der Waals surface area (Å²) in [6.07, 6.45) is 0. The Kier molecular flexibility index (Phi) is 3.23. The lowest BCUT2D eigenvalue weighted by Crippen LogP contribution is -2.01. The SMILES string of the molecule is [CH2]C(CF)c1cccc(OC)c1F. The van der Waals surface area contributed by atoms with Crippen molar-refractivity contribution in [2.45, 2.75) is 5.92 Å². The highest BCUT2D eigenvalue weighted by atomic mass is 19.1. The molecule has 0 fully saturated rings. The number of rotatable bonds is 3. The first-order chi connectivity index (χ1) is 6.20. The van der Waals surface area contributed by atoms with Gasteiger partial charge in [-0.15, -0.1) is 0 Å². The van der Waals surface area contributed by atoms with E-state index >= 15 is 0 Å². The van der Waals surface area contributed by atoms with Crippen molar-refractivity contribution in [3.63, 3.8) is 0 Å². The molecule has 0 saturated carbocycles. The van der Waals surface area contributed by atoms with Crippen molar-refractivity contribution in [3.8, 4) is 5.75 Å². The lowest BCUT2D eigenvalue weighted by atomic mass is 10.0. The van der Waals surface area contributed by atoms with Gasteiger partial charge in [-0.05, 0) is 18.6 Å². The smallest absolute Gasteiger partial charge is 0.168 e. The average molecular weight is 185 g/mol. The van der Waals surface area contributed by atoms with Crippen LogP contribution in [0.25, 0.3) is 0 Å². The van der Waals surface area contributed by atoms with Crippen LogP contribution >= 0.6 is 0 Å². The van der Waals surface area contributed by atoms with Gasteiger partial charge in [-0.3, -0.25) is 4.39 Å². The molecule has 0 saturated heterocycles. The quantitative estimate of drug-likeness (QED) is 0.703. The van der Waals surface area contributed by atoms with Crippen LogP contribution in [0.1, 0.15) is 11.5 Å². The largest absolute Gasteiger partial charge is 0.494 e. The molecule has 3 heteroatoms. The minimum Gasteiger partial charge on any atom is -0.494 e. The molecule has 0 aliphatic heterocycles. The topological polar surface area (TPSA) is 9.23 Å². The average Bonchev–Trinajstić information content (AvgIpc) is 2.17. The third-order valence-corrected chi connectivity index (χ3v) is 1.84. The molecule has 0 heterocycles. The number of benzene rings is 1. The molecule has 0 amide bonds. The van der Waals surface area contributed by atoms with Crippen molar-refractivity contribution < 1.29 is 13.5 Å². The molecule has 1 aromatic carbocycles. The zero-order valence-electron chi connectivity index (χ0n) is 7.39. The molecule has 0 aromatic heterocycles. The van der Waals surface area contributed by atoms with Crippen LogP contribution in [0, 0.1) is 12.7 Å². The van der Waals surface area contributed by atoms with E-state index in [1.807, 2.05) is 0 Å². The normalized spacial score (nSPS) is 12.6. The van der Waals surface area contributed by atoms with Gasteiger partial charge in [-0.25, -0.2) is 4.39 Å². The highest BCUT2D eigenvalue weighted by molar-refractivity contribution is 5.33. The van der Waals surface area contributed by atoms with Crippen LogP contribution in [-0.4, -0.2) is 13.8 Å². The van der Waals surface area contributed by atoms with Gasteiger partial charge >= 0.3 is 0 Å². The van der Waals surface area contributed by atoms with Crippen molar-refractivity contribution in [3.05, 3.63) is 36.5 Å². The van der Waals surface area contributed by atoms with Crippen molar-refractivity contribution in [2.75, 3.05) is 13.8 Å². The highest BCUT2D eigenvalue weighted by Crippen LogP contribution is 2.25. The molecule has 1 rings (SSSR count). The maximum atomic E-state index is 13.4. The molecule has 13 heavy (non-hydrogen) atoms. The second-order valence-electron chi connectivity index (χ2n) is 2.71. The number of halogens is 2. The van der Waals surface area contributed by atoms with Crippen molar-refractivity contribution in [1.82, 2.24) is 0 Å². The molecular weight excluding hydrogens is 174 g/mol. The van der Waals surface area contributed by atoms with Gasteiger partial charge in [0, 0.05) is 5.92 Å². The van der Waals surface area contributed by atoms with Crippen LogP contribution in [0.4, 0.5) is 8.78 Å². The van der Waals surface area contributed by atoms with Crippen molar-refractivity contribution in [2.24, 2.45) is 0 Å². The van der Waals surface area contributed by atoms with Crippen LogP contribution in [-0.2, 0) is 0 Å². The molecule has 71 valence electrons. The molecule has 1 radical (unpaired) electrons. The van der Waals surface area contributed by atoms with E-state index in [0.29, 0.717) is 0 Å². The minimum absolute atomic E-state index is 0.125. The summed E-state index contributed by atoms with van der Waals surface area (Å²) in [4.78, 5) is 0. The Hall–Kier alpha value is -1.12. The Bertz CT molecular complexity index is 286. The molecule has 1 aromatic rings. The molecular formula is C10H11F2O. The Morgan fingerprint density at radius 2 is 2.23 bits per heavy atom. The Labute approximate surface area is 76.3 Å². The first kappa shape index (κ1) is 9.96. The predicted octanol–water partition coefficient (Wildman–Crippen LogP) is 2.72. The van der Waals surface area contributed by atoms with E-state index < -0.39 is 18.4 Å². The first-order valence-electron chi connectivity index (χ1n) is 3.92. The molecule has 0 aliphatic carbocycles. The maximum absolute atomic E-state index is 13.4. The van der Waals surface area contributed by atoms with E-state index in [-0.39, 0.29) is 11.3 Å². The Morgan fingerprint density at radius 3 is 2.77 bits per heavy atom. The van der Waals surface area contributed by atoms with Crippen molar-refractivity contribution in [1.29, 1.82) is 0 Å². The lowest BCUT2D eigenvalue weighted by Gasteiger charge is -2.10. The zero-order chi connectivity index (χ0) is 9.84. The predicted molar refractivity (Wildman–Crippen MR) is 47.0 cm³/mol. The van der Waals surface area contributed by atoms with E-state index in [4.69, 9.17) is 4.74 Å².